The van der Waals surface area contributed by atoms with Crippen molar-refractivity contribution in [2.45, 2.75) is 101 Å². The Morgan fingerprint density at radius 3 is 2.60 bits per heavy atom. The quantitative estimate of drug-likeness (QED) is 0.325. The van der Waals surface area contributed by atoms with Gasteiger partial charge in [-0.1, -0.05) is 45.0 Å². The Balaban J connectivity index is 1.32. The van der Waals surface area contributed by atoms with E-state index in [1.54, 1.807) is 0 Å². The van der Waals surface area contributed by atoms with Crippen molar-refractivity contribution in [1.29, 1.82) is 0 Å². The van der Waals surface area contributed by atoms with Crippen LogP contribution < -0.4 is 4.43 Å². The number of benzene rings is 2. The number of hydrogen-bond acceptors (Lipinski definition) is 3. The molecular formula is C35H46F2N2O2Si. The van der Waals surface area contributed by atoms with Crippen LogP contribution in [-0.2, 0) is 11.8 Å². The molecule has 5 aliphatic rings. The number of fused-ring (bicyclic) bond motifs is 1. The monoisotopic (exact) mass is 592 g/mol. The summed E-state index contributed by atoms with van der Waals surface area (Å²) < 4.78 is 33.8. The molecule has 2 aromatic carbocycles. The molecule has 4 bridgehead atoms. The first-order valence-electron chi connectivity index (χ1n) is 16.1. The van der Waals surface area contributed by atoms with Crippen LogP contribution in [0.25, 0.3) is 0 Å². The van der Waals surface area contributed by atoms with Crippen LogP contribution in [0.15, 0.2) is 48.5 Å². The van der Waals surface area contributed by atoms with E-state index in [-0.39, 0.29) is 40.3 Å². The number of likely N-dealkylation sites (tertiary alicyclic amines) is 2. The Morgan fingerprint density at radius 1 is 1.12 bits per heavy atom. The van der Waals surface area contributed by atoms with Gasteiger partial charge in [0.05, 0.1) is 0 Å². The summed E-state index contributed by atoms with van der Waals surface area (Å²) >= 11 is 0. The first-order valence-corrected chi connectivity index (χ1v) is 19.0. The molecule has 0 N–H and O–H groups in total. The summed E-state index contributed by atoms with van der Waals surface area (Å²) in [6.45, 7) is 13.6. The van der Waals surface area contributed by atoms with Crippen molar-refractivity contribution in [3.8, 4) is 5.75 Å². The van der Waals surface area contributed by atoms with Crippen molar-refractivity contribution in [2.75, 3.05) is 19.6 Å². The minimum atomic E-state index is -2.27. The van der Waals surface area contributed by atoms with E-state index in [2.05, 4.69) is 61.9 Å². The standard InChI is InChI=1S/C35H46F2N2O2Si/c1-33(2,3)42(4,5)41-26-12-11-24-19-29-34-15-13-28-31(25(21-34)22-39(28)32(40)23-9-7-6-8-10-23)35(34,27(24)20-26)16-18-38(29)17-14-30(36)37/h6-12,20,25,28-31H,13-19,21-22H2,1-5H3/t25-,28?,29?,31?,34?,35?/m1/s1. The fraction of sp³-hybridized carbons (Fsp3) is 0.629. The first-order chi connectivity index (χ1) is 19.9. The molecular weight excluding hydrogens is 546 g/mol. The molecule has 5 unspecified atom stereocenters. The van der Waals surface area contributed by atoms with E-state index >= 15 is 0 Å². The van der Waals surface area contributed by atoms with E-state index in [9.17, 15) is 13.6 Å². The average Bonchev–Trinajstić information content (AvgIpc) is 3.38. The molecule has 3 aliphatic carbocycles. The summed E-state index contributed by atoms with van der Waals surface area (Å²) in [5.41, 5.74) is 3.63. The molecule has 2 aromatic rings. The number of rotatable bonds is 6. The zero-order valence-electron chi connectivity index (χ0n) is 25.8. The minimum Gasteiger partial charge on any atom is -0.543 e. The van der Waals surface area contributed by atoms with E-state index < -0.39 is 14.7 Å². The molecule has 42 heavy (non-hydrogen) atoms. The van der Waals surface area contributed by atoms with Gasteiger partial charge in [-0.3, -0.25) is 9.69 Å². The maximum atomic E-state index is 13.9. The lowest BCUT2D eigenvalue weighted by atomic mass is 9.43. The summed E-state index contributed by atoms with van der Waals surface area (Å²) in [5.74, 6) is 1.99. The lowest BCUT2D eigenvalue weighted by molar-refractivity contribution is -0.103. The maximum absolute atomic E-state index is 13.9. The largest absolute Gasteiger partial charge is 0.543 e. The van der Waals surface area contributed by atoms with Crippen LogP contribution >= 0.6 is 0 Å². The lowest BCUT2D eigenvalue weighted by Gasteiger charge is -2.66. The molecule has 6 atom stereocenters. The van der Waals surface area contributed by atoms with Gasteiger partial charge in [0.15, 0.2) is 0 Å². The van der Waals surface area contributed by atoms with Crippen molar-refractivity contribution in [3.05, 3.63) is 65.2 Å². The molecule has 2 aliphatic heterocycles. The molecule has 2 heterocycles. The number of hydrogen-bond donors (Lipinski definition) is 0. The molecule has 2 saturated heterocycles. The Hall–Kier alpha value is -2.25. The first kappa shape index (κ1) is 28.5. The molecule has 0 radical (unpaired) electrons. The third kappa shape index (κ3) is 3.94. The van der Waals surface area contributed by atoms with Gasteiger partial charge in [-0.05, 0) is 109 Å². The topological polar surface area (TPSA) is 32.8 Å². The van der Waals surface area contributed by atoms with Crippen molar-refractivity contribution < 1.29 is 18.0 Å². The summed E-state index contributed by atoms with van der Waals surface area (Å²) in [6, 6.07) is 17.1. The highest BCUT2D eigenvalue weighted by molar-refractivity contribution is 6.74. The lowest BCUT2D eigenvalue weighted by Crippen LogP contribution is -2.69. The second kappa shape index (κ2) is 9.62. The SMILES string of the molecule is CC(C)(C)[Si](C)(C)Oc1ccc2c(c1)C13CCN(CCC(F)F)C(C2)C12CCC1C3[C@@H](CN1C(=O)c1ccccc1)C2. The Labute approximate surface area is 250 Å². The van der Waals surface area contributed by atoms with Crippen molar-refractivity contribution >= 4 is 14.2 Å². The van der Waals surface area contributed by atoms with Gasteiger partial charge in [-0.15, -0.1) is 0 Å². The van der Waals surface area contributed by atoms with Crippen LogP contribution in [0.2, 0.25) is 18.1 Å². The van der Waals surface area contributed by atoms with Crippen LogP contribution in [0, 0.1) is 17.3 Å². The number of carbonyl (C=O) groups is 1. The van der Waals surface area contributed by atoms with Crippen molar-refractivity contribution in [2.24, 2.45) is 17.3 Å². The van der Waals surface area contributed by atoms with Gasteiger partial charge < -0.3 is 9.33 Å². The van der Waals surface area contributed by atoms with Crippen molar-refractivity contribution in [1.82, 2.24) is 9.80 Å². The average molecular weight is 593 g/mol. The Morgan fingerprint density at radius 2 is 1.88 bits per heavy atom. The van der Waals surface area contributed by atoms with Gasteiger partial charge in [0.1, 0.15) is 5.75 Å². The number of alkyl halides is 2. The second-order valence-corrected chi connectivity index (χ2v) is 20.1. The third-order valence-corrected chi connectivity index (χ3v) is 17.0. The highest BCUT2D eigenvalue weighted by Crippen LogP contribution is 2.75. The molecule has 4 fully saturated rings. The number of amides is 1. The molecule has 226 valence electrons. The summed E-state index contributed by atoms with van der Waals surface area (Å²) in [5, 5.41) is 0.102. The molecule has 7 rings (SSSR count). The van der Waals surface area contributed by atoms with E-state index in [4.69, 9.17) is 4.43 Å². The van der Waals surface area contributed by atoms with Gasteiger partial charge in [-0.25, -0.2) is 8.78 Å². The smallest absolute Gasteiger partial charge is 0.254 e. The van der Waals surface area contributed by atoms with Gasteiger partial charge in [0.2, 0.25) is 14.7 Å². The number of carbonyl (C=O) groups excluding carboxylic acids is 1. The number of halogens is 2. The zero-order valence-corrected chi connectivity index (χ0v) is 26.8. The Kier molecular flexibility index (Phi) is 6.53. The molecule has 1 amide bonds. The van der Waals surface area contributed by atoms with Crippen LogP contribution in [0.3, 0.4) is 0 Å². The maximum Gasteiger partial charge on any atom is 0.254 e. The van der Waals surface area contributed by atoms with Gasteiger partial charge in [-0.2, -0.15) is 0 Å². The van der Waals surface area contributed by atoms with Crippen LogP contribution in [0.4, 0.5) is 8.78 Å². The minimum absolute atomic E-state index is 0.0430. The summed E-state index contributed by atoms with van der Waals surface area (Å²) in [6.07, 6.45) is 2.75. The third-order valence-electron chi connectivity index (χ3n) is 12.7. The molecule has 0 aromatic heterocycles. The summed E-state index contributed by atoms with van der Waals surface area (Å²) in [4.78, 5) is 18.5. The predicted octanol–water partition coefficient (Wildman–Crippen LogP) is 7.53. The van der Waals surface area contributed by atoms with Crippen LogP contribution in [0.1, 0.15) is 74.4 Å². The van der Waals surface area contributed by atoms with E-state index in [0.29, 0.717) is 18.4 Å². The molecule has 0 spiro atoms. The fourth-order valence-electron chi connectivity index (χ4n) is 10.1. The zero-order chi connectivity index (χ0) is 29.7. The number of piperidine rings is 1. The van der Waals surface area contributed by atoms with Crippen LogP contribution in [0.5, 0.6) is 5.75 Å². The molecule has 7 heteroatoms. The molecule has 2 saturated carbocycles. The number of nitrogens with zero attached hydrogens (tertiary/aromatic N) is 2. The normalized spacial score (nSPS) is 33.5. The highest BCUT2D eigenvalue weighted by Gasteiger charge is 2.76. The summed E-state index contributed by atoms with van der Waals surface area (Å²) in [7, 11) is -2.03. The highest BCUT2D eigenvalue weighted by atomic mass is 28.4. The van der Waals surface area contributed by atoms with E-state index in [0.717, 1.165) is 56.5 Å². The Bertz CT molecular complexity index is 1380. The second-order valence-electron chi connectivity index (χ2n) is 15.4. The van der Waals surface area contributed by atoms with E-state index in [1.807, 2.05) is 30.3 Å². The van der Waals surface area contributed by atoms with Crippen LogP contribution in [-0.4, -0.2) is 62.2 Å². The van der Waals surface area contributed by atoms with E-state index in [1.165, 1.54) is 11.1 Å². The van der Waals surface area contributed by atoms with Gasteiger partial charge >= 0.3 is 0 Å². The van der Waals surface area contributed by atoms with Crippen molar-refractivity contribution in [3.63, 3.8) is 0 Å². The molecule has 4 nitrogen and oxygen atoms in total. The van der Waals surface area contributed by atoms with Gasteiger partial charge in [0, 0.05) is 42.6 Å². The van der Waals surface area contributed by atoms with Gasteiger partial charge in [0.25, 0.3) is 5.91 Å². The predicted molar refractivity (Wildman–Crippen MR) is 165 cm³/mol. The fourth-order valence-corrected chi connectivity index (χ4v) is 11.1.